The maximum atomic E-state index is 5.56. The SMILES string of the molecule is CCCCC(Cc1ccc(CC)s1)NN. The maximum absolute atomic E-state index is 5.56. The molecule has 0 aliphatic carbocycles. The molecule has 86 valence electrons. The smallest absolute Gasteiger partial charge is 0.0258 e. The molecule has 15 heavy (non-hydrogen) atoms. The highest BCUT2D eigenvalue weighted by molar-refractivity contribution is 7.11. The Morgan fingerprint density at radius 1 is 1.33 bits per heavy atom. The van der Waals surface area contributed by atoms with E-state index in [1.807, 2.05) is 11.3 Å². The van der Waals surface area contributed by atoms with Gasteiger partial charge in [-0.3, -0.25) is 11.3 Å². The van der Waals surface area contributed by atoms with Crippen molar-refractivity contribution in [3.63, 3.8) is 0 Å². The Bertz CT molecular complexity index is 270. The fourth-order valence-electron chi connectivity index (χ4n) is 1.66. The van der Waals surface area contributed by atoms with Gasteiger partial charge in [-0.05, 0) is 31.4 Å². The Hall–Kier alpha value is -0.380. The Balaban J connectivity index is 2.43. The predicted molar refractivity (Wildman–Crippen MR) is 68.0 cm³/mol. The molecule has 1 unspecified atom stereocenters. The minimum atomic E-state index is 0.438. The fraction of sp³-hybridized carbons (Fsp3) is 0.667. The highest BCUT2D eigenvalue weighted by Gasteiger charge is 2.08. The number of nitrogens with two attached hydrogens (primary N) is 1. The van der Waals surface area contributed by atoms with E-state index in [1.165, 1.54) is 29.0 Å². The van der Waals surface area contributed by atoms with Gasteiger partial charge in [0.1, 0.15) is 0 Å². The summed E-state index contributed by atoms with van der Waals surface area (Å²) >= 11 is 1.91. The van der Waals surface area contributed by atoms with Crippen LogP contribution in [0.3, 0.4) is 0 Å². The Morgan fingerprint density at radius 2 is 2.07 bits per heavy atom. The van der Waals surface area contributed by atoms with Gasteiger partial charge in [-0.25, -0.2) is 0 Å². The third-order valence-corrected chi connectivity index (χ3v) is 3.91. The van der Waals surface area contributed by atoms with Crippen molar-refractivity contribution in [1.82, 2.24) is 5.43 Å². The molecule has 0 saturated heterocycles. The lowest BCUT2D eigenvalue weighted by Gasteiger charge is -2.13. The molecule has 0 aromatic carbocycles. The van der Waals surface area contributed by atoms with E-state index in [2.05, 4.69) is 31.4 Å². The van der Waals surface area contributed by atoms with Gasteiger partial charge in [-0.1, -0.05) is 26.7 Å². The van der Waals surface area contributed by atoms with Crippen molar-refractivity contribution in [2.24, 2.45) is 5.84 Å². The monoisotopic (exact) mass is 226 g/mol. The zero-order valence-corrected chi connectivity index (χ0v) is 10.6. The first kappa shape index (κ1) is 12.7. The summed E-state index contributed by atoms with van der Waals surface area (Å²) in [7, 11) is 0. The van der Waals surface area contributed by atoms with Crippen LogP contribution in [0.15, 0.2) is 12.1 Å². The van der Waals surface area contributed by atoms with E-state index in [-0.39, 0.29) is 0 Å². The van der Waals surface area contributed by atoms with E-state index >= 15 is 0 Å². The van der Waals surface area contributed by atoms with E-state index < -0.39 is 0 Å². The number of nitrogens with one attached hydrogen (secondary N) is 1. The average molecular weight is 226 g/mol. The third kappa shape index (κ3) is 4.33. The molecular formula is C12H22N2S. The Morgan fingerprint density at radius 3 is 2.60 bits per heavy atom. The molecule has 0 amide bonds. The third-order valence-electron chi connectivity index (χ3n) is 2.66. The lowest BCUT2D eigenvalue weighted by atomic mass is 10.1. The van der Waals surface area contributed by atoms with E-state index in [4.69, 9.17) is 5.84 Å². The molecule has 1 rings (SSSR count). The zero-order chi connectivity index (χ0) is 11.1. The van der Waals surface area contributed by atoms with Crippen molar-refractivity contribution in [2.75, 3.05) is 0 Å². The number of aryl methyl sites for hydroxylation is 1. The van der Waals surface area contributed by atoms with Crippen LogP contribution in [0.25, 0.3) is 0 Å². The Kier molecular flexibility index (Phi) is 5.91. The predicted octanol–water partition coefficient (Wildman–Crippen LogP) is 2.88. The van der Waals surface area contributed by atoms with Crippen molar-refractivity contribution in [3.8, 4) is 0 Å². The summed E-state index contributed by atoms with van der Waals surface area (Å²) in [5, 5.41) is 0. The number of unbranched alkanes of at least 4 members (excludes halogenated alkanes) is 1. The van der Waals surface area contributed by atoms with E-state index in [1.54, 1.807) is 0 Å². The van der Waals surface area contributed by atoms with Crippen molar-refractivity contribution >= 4 is 11.3 Å². The average Bonchev–Trinajstić information content (AvgIpc) is 2.71. The second-order valence-electron chi connectivity index (χ2n) is 3.93. The number of rotatable bonds is 7. The first-order valence-electron chi connectivity index (χ1n) is 5.83. The number of hydrazine groups is 1. The summed E-state index contributed by atoms with van der Waals surface area (Å²) in [6.45, 7) is 4.42. The normalized spacial score (nSPS) is 13.0. The lowest BCUT2D eigenvalue weighted by molar-refractivity contribution is 0.476. The molecule has 1 atom stereocenters. The Labute approximate surface area is 96.9 Å². The van der Waals surface area contributed by atoms with Crippen molar-refractivity contribution < 1.29 is 0 Å². The highest BCUT2D eigenvalue weighted by atomic mass is 32.1. The molecule has 0 spiro atoms. The molecule has 1 aromatic heterocycles. The van der Waals surface area contributed by atoms with Crippen LogP contribution in [-0.4, -0.2) is 6.04 Å². The second kappa shape index (κ2) is 6.99. The minimum absolute atomic E-state index is 0.438. The van der Waals surface area contributed by atoms with Crippen LogP contribution in [0.5, 0.6) is 0 Å². The molecule has 3 heteroatoms. The van der Waals surface area contributed by atoms with Crippen molar-refractivity contribution in [3.05, 3.63) is 21.9 Å². The summed E-state index contributed by atoms with van der Waals surface area (Å²) in [6.07, 6.45) is 5.87. The van der Waals surface area contributed by atoms with Gasteiger partial charge in [0.2, 0.25) is 0 Å². The molecule has 1 aromatic rings. The molecule has 2 nitrogen and oxygen atoms in total. The standard InChI is InChI=1S/C12H22N2S/c1-3-5-6-10(14-13)9-12-8-7-11(4-2)15-12/h7-8,10,14H,3-6,9,13H2,1-2H3. The van der Waals surface area contributed by atoms with E-state index in [0.29, 0.717) is 6.04 Å². The molecule has 0 bridgehead atoms. The van der Waals surface area contributed by atoms with Gasteiger partial charge in [-0.2, -0.15) is 0 Å². The van der Waals surface area contributed by atoms with Gasteiger partial charge in [-0.15, -0.1) is 11.3 Å². The second-order valence-corrected chi connectivity index (χ2v) is 5.18. The van der Waals surface area contributed by atoms with E-state index in [0.717, 1.165) is 12.8 Å². The molecule has 1 heterocycles. The van der Waals surface area contributed by atoms with Gasteiger partial charge in [0, 0.05) is 15.8 Å². The molecule has 3 N–H and O–H groups in total. The molecular weight excluding hydrogens is 204 g/mol. The topological polar surface area (TPSA) is 38.0 Å². The summed E-state index contributed by atoms with van der Waals surface area (Å²) in [4.78, 5) is 2.92. The first-order chi connectivity index (χ1) is 7.30. The largest absolute Gasteiger partial charge is 0.271 e. The fourth-order valence-corrected chi connectivity index (χ4v) is 2.70. The van der Waals surface area contributed by atoms with Gasteiger partial charge >= 0.3 is 0 Å². The van der Waals surface area contributed by atoms with Crippen molar-refractivity contribution in [1.29, 1.82) is 0 Å². The van der Waals surface area contributed by atoms with Gasteiger partial charge in [0.05, 0.1) is 0 Å². The van der Waals surface area contributed by atoms with Crippen LogP contribution in [0.2, 0.25) is 0 Å². The van der Waals surface area contributed by atoms with Gasteiger partial charge in [0.25, 0.3) is 0 Å². The summed E-state index contributed by atoms with van der Waals surface area (Å²) in [5.74, 6) is 5.56. The van der Waals surface area contributed by atoms with Crippen molar-refractivity contribution in [2.45, 2.75) is 52.0 Å². The quantitative estimate of drug-likeness (QED) is 0.554. The van der Waals surface area contributed by atoms with Crippen LogP contribution in [0, 0.1) is 0 Å². The summed E-state index contributed by atoms with van der Waals surface area (Å²) in [5.41, 5.74) is 2.92. The van der Waals surface area contributed by atoms with Crippen LogP contribution in [-0.2, 0) is 12.8 Å². The van der Waals surface area contributed by atoms with Crippen LogP contribution in [0.4, 0.5) is 0 Å². The lowest BCUT2D eigenvalue weighted by Crippen LogP contribution is -2.36. The van der Waals surface area contributed by atoms with E-state index in [9.17, 15) is 0 Å². The van der Waals surface area contributed by atoms with Gasteiger partial charge < -0.3 is 0 Å². The number of hydrogen-bond acceptors (Lipinski definition) is 3. The van der Waals surface area contributed by atoms with Crippen LogP contribution in [0.1, 0.15) is 42.9 Å². The van der Waals surface area contributed by atoms with Crippen LogP contribution < -0.4 is 11.3 Å². The van der Waals surface area contributed by atoms with Crippen LogP contribution >= 0.6 is 11.3 Å². The molecule has 0 radical (unpaired) electrons. The minimum Gasteiger partial charge on any atom is -0.271 e. The summed E-state index contributed by atoms with van der Waals surface area (Å²) in [6, 6.07) is 4.90. The zero-order valence-electron chi connectivity index (χ0n) is 9.75. The number of thiophene rings is 1. The maximum Gasteiger partial charge on any atom is 0.0258 e. The molecule has 0 fully saturated rings. The molecule has 0 saturated carbocycles. The molecule has 0 aliphatic rings. The first-order valence-corrected chi connectivity index (χ1v) is 6.65. The van der Waals surface area contributed by atoms with Gasteiger partial charge in [0.15, 0.2) is 0 Å². The highest BCUT2D eigenvalue weighted by Crippen LogP contribution is 2.19. The number of hydrogen-bond donors (Lipinski definition) is 2. The summed E-state index contributed by atoms with van der Waals surface area (Å²) < 4.78 is 0. The molecule has 0 aliphatic heterocycles.